The number of nitrogens with one attached hydrogen (secondary N) is 1. The van der Waals surface area contributed by atoms with Gasteiger partial charge in [-0.2, -0.15) is 0 Å². The number of anilines is 2. The van der Waals surface area contributed by atoms with Gasteiger partial charge in [0.2, 0.25) is 0 Å². The minimum atomic E-state index is -0.265. The van der Waals surface area contributed by atoms with E-state index in [1.165, 1.54) is 12.1 Å². The molecule has 0 aromatic heterocycles. The Labute approximate surface area is 90.7 Å². The number of halogens is 1. The molecule has 0 aliphatic heterocycles. The highest BCUT2D eigenvalue weighted by atomic mass is 19.1. The third kappa shape index (κ3) is 3.42. The predicted molar refractivity (Wildman–Crippen MR) is 63.4 cm³/mol. The smallest absolute Gasteiger partial charge is 0.125 e. The Balaban J connectivity index is 2.83. The zero-order valence-corrected chi connectivity index (χ0v) is 9.60. The Bertz CT molecular complexity index is 334. The van der Waals surface area contributed by atoms with E-state index in [2.05, 4.69) is 26.1 Å². The zero-order chi connectivity index (χ0) is 11.5. The van der Waals surface area contributed by atoms with Crippen LogP contribution in [0.5, 0.6) is 0 Å². The third-order valence-electron chi connectivity index (χ3n) is 2.36. The molecule has 0 spiro atoms. The summed E-state index contributed by atoms with van der Waals surface area (Å²) in [7, 11) is 0. The summed E-state index contributed by atoms with van der Waals surface area (Å²) in [5.74, 6) is -0.265. The van der Waals surface area contributed by atoms with Crippen LogP contribution in [0, 0.1) is 5.82 Å². The van der Waals surface area contributed by atoms with Gasteiger partial charge in [-0.25, -0.2) is 4.39 Å². The molecule has 2 nitrogen and oxygen atoms in total. The average Bonchev–Trinajstić information content (AvgIpc) is 2.10. The summed E-state index contributed by atoms with van der Waals surface area (Å²) in [5.41, 5.74) is 6.96. The van der Waals surface area contributed by atoms with Gasteiger partial charge in [-0.3, -0.25) is 0 Å². The molecule has 84 valence electrons. The van der Waals surface area contributed by atoms with Crippen molar-refractivity contribution in [2.45, 2.75) is 39.2 Å². The summed E-state index contributed by atoms with van der Waals surface area (Å²) in [5, 5.41) is 3.26. The molecule has 0 aliphatic carbocycles. The Hall–Kier alpha value is -1.25. The van der Waals surface area contributed by atoms with Gasteiger partial charge in [0.25, 0.3) is 0 Å². The number of benzene rings is 1. The van der Waals surface area contributed by atoms with Crippen LogP contribution in [0.1, 0.15) is 33.6 Å². The van der Waals surface area contributed by atoms with Gasteiger partial charge in [-0.1, -0.05) is 13.3 Å². The van der Waals surface area contributed by atoms with E-state index in [4.69, 9.17) is 5.73 Å². The fraction of sp³-hybridized carbons (Fsp3) is 0.500. The molecule has 1 aromatic rings. The van der Waals surface area contributed by atoms with Crippen molar-refractivity contribution in [3.63, 3.8) is 0 Å². The average molecular weight is 210 g/mol. The van der Waals surface area contributed by atoms with Crippen LogP contribution in [0.3, 0.4) is 0 Å². The van der Waals surface area contributed by atoms with E-state index in [9.17, 15) is 4.39 Å². The number of nitrogen functional groups attached to an aromatic ring is 1. The second kappa shape index (κ2) is 4.51. The quantitative estimate of drug-likeness (QED) is 0.747. The van der Waals surface area contributed by atoms with Gasteiger partial charge in [-0.15, -0.1) is 0 Å². The van der Waals surface area contributed by atoms with Gasteiger partial charge in [0.05, 0.1) is 11.4 Å². The lowest BCUT2D eigenvalue weighted by Gasteiger charge is -2.27. The molecule has 0 unspecified atom stereocenters. The lowest BCUT2D eigenvalue weighted by molar-refractivity contribution is 0.510. The first kappa shape index (κ1) is 11.8. The van der Waals surface area contributed by atoms with E-state index in [1.54, 1.807) is 6.07 Å². The number of nitrogens with two attached hydrogens (primary N) is 1. The number of rotatable bonds is 4. The summed E-state index contributed by atoms with van der Waals surface area (Å²) in [6.45, 7) is 6.29. The van der Waals surface area contributed by atoms with Gasteiger partial charge in [0.15, 0.2) is 0 Å². The second-order valence-corrected chi connectivity index (χ2v) is 4.49. The monoisotopic (exact) mass is 210 g/mol. The summed E-state index contributed by atoms with van der Waals surface area (Å²) in [4.78, 5) is 0. The van der Waals surface area contributed by atoms with Gasteiger partial charge < -0.3 is 11.1 Å². The molecule has 0 atom stereocenters. The maximum absolute atomic E-state index is 13.0. The Morgan fingerprint density at radius 3 is 2.67 bits per heavy atom. The van der Waals surface area contributed by atoms with Crippen molar-refractivity contribution in [1.29, 1.82) is 0 Å². The molecular weight excluding hydrogens is 191 g/mol. The normalized spacial score (nSPS) is 11.5. The highest BCUT2D eigenvalue weighted by Gasteiger charge is 2.17. The van der Waals surface area contributed by atoms with E-state index in [0.717, 1.165) is 12.8 Å². The van der Waals surface area contributed by atoms with Crippen molar-refractivity contribution in [2.24, 2.45) is 0 Å². The van der Waals surface area contributed by atoms with Crippen LogP contribution < -0.4 is 11.1 Å². The van der Waals surface area contributed by atoms with Crippen LogP contribution in [-0.4, -0.2) is 5.54 Å². The lowest BCUT2D eigenvalue weighted by Crippen LogP contribution is -2.30. The molecule has 0 heterocycles. The van der Waals surface area contributed by atoms with Crippen LogP contribution in [0.25, 0.3) is 0 Å². The summed E-state index contributed by atoms with van der Waals surface area (Å²) >= 11 is 0. The molecule has 3 heteroatoms. The van der Waals surface area contributed by atoms with Crippen molar-refractivity contribution < 1.29 is 4.39 Å². The van der Waals surface area contributed by atoms with Crippen molar-refractivity contribution in [2.75, 3.05) is 11.1 Å². The maximum Gasteiger partial charge on any atom is 0.125 e. The fourth-order valence-electron chi connectivity index (χ4n) is 1.69. The highest BCUT2D eigenvalue weighted by molar-refractivity contribution is 5.66. The molecule has 0 bridgehead atoms. The summed E-state index contributed by atoms with van der Waals surface area (Å²) in [6, 6.07) is 4.39. The molecule has 15 heavy (non-hydrogen) atoms. The molecule has 0 fully saturated rings. The predicted octanol–water partition coefficient (Wildman–Crippen LogP) is 3.40. The molecule has 0 saturated carbocycles. The van der Waals surface area contributed by atoms with Crippen molar-refractivity contribution in [1.82, 2.24) is 0 Å². The van der Waals surface area contributed by atoms with Gasteiger partial charge >= 0.3 is 0 Å². The SMILES string of the molecule is CCCC(C)(C)Nc1cc(F)ccc1N. The largest absolute Gasteiger partial charge is 0.397 e. The minimum absolute atomic E-state index is 0.0589. The van der Waals surface area contributed by atoms with Crippen LogP contribution in [0.2, 0.25) is 0 Å². The van der Waals surface area contributed by atoms with E-state index in [1.807, 2.05) is 0 Å². The first-order valence-corrected chi connectivity index (χ1v) is 5.28. The van der Waals surface area contributed by atoms with E-state index in [-0.39, 0.29) is 11.4 Å². The van der Waals surface area contributed by atoms with Crippen LogP contribution >= 0.6 is 0 Å². The van der Waals surface area contributed by atoms with Crippen LogP contribution in [0.15, 0.2) is 18.2 Å². The van der Waals surface area contributed by atoms with Crippen molar-refractivity contribution in [3.05, 3.63) is 24.0 Å². The lowest BCUT2D eigenvalue weighted by atomic mass is 9.98. The fourth-order valence-corrected chi connectivity index (χ4v) is 1.69. The summed E-state index contributed by atoms with van der Waals surface area (Å²) in [6.07, 6.45) is 2.10. The van der Waals surface area contributed by atoms with Gasteiger partial charge in [0, 0.05) is 5.54 Å². The Morgan fingerprint density at radius 1 is 1.40 bits per heavy atom. The van der Waals surface area contributed by atoms with Crippen LogP contribution in [-0.2, 0) is 0 Å². The first-order valence-electron chi connectivity index (χ1n) is 5.28. The summed E-state index contributed by atoms with van der Waals surface area (Å²) < 4.78 is 13.0. The van der Waals surface area contributed by atoms with Gasteiger partial charge in [-0.05, 0) is 38.5 Å². The standard InChI is InChI=1S/C12H19FN2/c1-4-7-12(2,3)15-11-8-9(13)5-6-10(11)14/h5-6,8,15H,4,7,14H2,1-3H3. The number of hydrogen-bond donors (Lipinski definition) is 2. The molecule has 1 aromatic carbocycles. The third-order valence-corrected chi connectivity index (χ3v) is 2.36. The van der Waals surface area contributed by atoms with E-state index >= 15 is 0 Å². The molecule has 3 N–H and O–H groups in total. The number of hydrogen-bond acceptors (Lipinski definition) is 2. The Morgan fingerprint density at radius 2 is 2.07 bits per heavy atom. The molecule has 0 radical (unpaired) electrons. The van der Waals surface area contributed by atoms with Crippen molar-refractivity contribution >= 4 is 11.4 Å². The maximum atomic E-state index is 13.0. The first-order chi connectivity index (χ1) is 6.94. The zero-order valence-electron chi connectivity index (χ0n) is 9.60. The highest BCUT2D eigenvalue weighted by Crippen LogP contribution is 2.25. The molecule has 0 aliphatic rings. The molecular formula is C12H19FN2. The Kier molecular flexibility index (Phi) is 3.56. The molecule has 0 saturated heterocycles. The minimum Gasteiger partial charge on any atom is -0.397 e. The molecule has 1 rings (SSSR count). The topological polar surface area (TPSA) is 38.0 Å². The van der Waals surface area contributed by atoms with Crippen molar-refractivity contribution in [3.8, 4) is 0 Å². The molecule has 0 amide bonds. The van der Waals surface area contributed by atoms with E-state index in [0.29, 0.717) is 11.4 Å². The second-order valence-electron chi connectivity index (χ2n) is 4.49. The van der Waals surface area contributed by atoms with Gasteiger partial charge in [0.1, 0.15) is 5.82 Å². The van der Waals surface area contributed by atoms with E-state index < -0.39 is 0 Å². The van der Waals surface area contributed by atoms with Crippen LogP contribution in [0.4, 0.5) is 15.8 Å².